The molecule has 0 bridgehead atoms. The van der Waals surface area contributed by atoms with Gasteiger partial charge in [0, 0.05) is 25.5 Å². The van der Waals surface area contributed by atoms with E-state index < -0.39 is 0 Å². The van der Waals surface area contributed by atoms with Gasteiger partial charge in [-0.1, -0.05) is 6.92 Å². The Morgan fingerprint density at radius 2 is 2.15 bits per heavy atom. The Kier molecular flexibility index (Phi) is 2.49. The topological polar surface area (TPSA) is 29.0 Å². The quantitative estimate of drug-likeness (QED) is 0.755. The fourth-order valence-electron chi connectivity index (χ4n) is 1.59. The van der Waals surface area contributed by atoms with Crippen LogP contribution in [0.5, 0.6) is 0 Å². The molecule has 1 aliphatic heterocycles. The molecule has 2 rings (SSSR count). The molecular weight excluding hydrogens is 230 g/mol. The van der Waals surface area contributed by atoms with Gasteiger partial charge in [-0.25, -0.2) is 9.97 Å². The molecule has 1 aromatic rings. The average molecular weight is 242 g/mol. The van der Waals surface area contributed by atoms with E-state index in [9.17, 15) is 0 Å². The highest BCUT2D eigenvalue weighted by atomic mass is 79.9. The number of halogens is 1. The summed E-state index contributed by atoms with van der Waals surface area (Å²) in [5, 5.41) is 0. The standard InChI is InChI=1S/C9H12BrN3/c1-7-2-3-13(6-7)9-11-4-8(10)5-12-9/h4-5,7H,2-3,6H2,1H3. The second kappa shape index (κ2) is 3.62. The molecule has 2 heterocycles. The van der Waals surface area contributed by atoms with Gasteiger partial charge < -0.3 is 4.90 Å². The molecule has 1 aliphatic rings. The van der Waals surface area contributed by atoms with E-state index in [1.54, 1.807) is 12.4 Å². The Hall–Kier alpha value is -0.640. The average Bonchev–Trinajstić information content (AvgIpc) is 2.53. The van der Waals surface area contributed by atoms with E-state index in [-0.39, 0.29) is 0 Å². The molecule has 4 heteroatoms. The number of hydrogen-bond acceptors (Lipinski definition) is 3. The molecule has 0 aliphatic carbocycles. The van der Waals surface area contributed by atoms with E-state index in [1.165, 1.54) is 6.42 Å². The van der Waals surface area contributed by atoms with Crippen LogP contribution in [0.2, 0.25) is 0 Å². The number of rotatable bonds is 1. The van der Waals surface area contributed by atoms with Crippen LogP contribution in [0.3, 0.4) is 0 Å². The van der Waals surface area contributed by atoms with Gasteiger partial charge in [0.15, 0.2) is 0 Å². The molecule has 0 saturated carbocycles. The van der Waals surface area contributed by atoms with Gasteiger partial charge in [-0.05, 0) is 28.3 Å². The number of nitrogens with zero attached hydrogens (tertiary/aromatic N) is 3. The van der Waals surface area contributed by atoms with Gasteiger partial charge in [0.25, 0.3) is 0 Å². The Balaban J connectivity index is 2.13. The zero-order valence-corrected chi connectivity index (χ0v) is 9.16. The summed E-state index contributed by atoms with van der Waals surface area (Å²) in [6.45, 7) is 4.43. The third kappa shape index (κ3) is 1.99. The minimum Gasteiger partial charge on any atom is -0.341 e. The molecule has 70 valence electrons. The van der Waals surface area contributed by atoms with Gasteiger partial charge in [0.05, 0.1) is 4.47 Å². The predicted octanol–water partition coefficient (Wildman–Crippen LogP) is 2.09. The molecule has 0 radical (unpaired) electrons. The minimum atomic E-state index is 0.771. The summed E-state index contributed by atoms with van der Waals surface area (Å²) in [5.41, 5.74) is 0. The van der Waals surface area contributed by atoms with E-state index in [0.29, 0.717) is 0 Å². The molecular formula is C9H12BrN3. The summed E-state index contributed by atoms with van der Waals surface area (Å²) in [7, 11) is 0. The first-order valence-electron chi connectivity index (χ1n) is 4.48. The van der Waals surface area contributed by atoms with Crippen LogP contribution >= 0.6 is 15.9 Å². The molecule has 1 saturated heterocycles. The SMILES string of the molecule is CC1CCN(c2ncc(Br)cn2)C1. The lowest BCUT2D eigenvalue weighted by atomic mass is 10.2. The highest BCUT2D eigenvalue weighted by Crippen LogP contribution is 2.20. The Morgan fingerprint density at radius 3 is 2.69 bits per heavy atom. The van der Waals surface area contributed by atoms with Crippen LogP contribution in [0.4, 0.5) is 5.95 Å². The van der Waals surface area contributed by atoms with Gasteiger partial charge in [-0.3, -0.25) is 0 Å². The monoisotopic (exact) mass is 241 g/mol. The van der Waals surface area contributed by atoms with E-state index in [1.807, 2.05) is 0 Å². The third-order valence-corrected chi connectivity index (χ3v) is 2.72. The maximum atomic E-state index is 4.26. The maximum absolute atomic E-state index is 4.26. The lowest BCUT2D eigenvalue weighted by Gasteiger charge is -2.14. The summed E-state index contributed by atoms with van der Waals surface area (Å²) in [4.78, 5) is 10.8. The van der Waals surface area contributed by atoms with Crippen LogP contribution < -0.4 is 4.90 Å². The zero-order valence-electron chi connectivity index (χ0n) is 7.57. The van der Waals surface area contributed by atoms with Crippen molar-refractivity contribution in [1.82, 2.24) is 9.97 Å². The van der Waals surface area contributed by atoms with Gasteiger partial charge in [0.2, 0.25) is 5.95 Å². The molecule has 1 atom stereocenters. The van der Waals surface area contributed by atoms with Crippen LogP contribution in [0.1, 0.15) is 13.3 Å². The predicted molar refractivity (Wildman–Crippen MR) is 55.7 cm³/mol. The molecule has 0 aromatic carbocycles. The number of aromatic nitrogens is 2. The first-order valence-corrected chi connectivity index (χ1v) is 5.27. The van der Waals surface area contributed by atoms with Gasteiger partial charge in [-0.2, -0.15) is 0 Å². The van der Waals surface area contributed by atoms with Crippen molar-refractivity contribution in [1.29, 1.82) is 0 Å². The molecule has 0 N–H and O–H groups in total. The summed E-state index contributed by atoms with van der Waals surface area (Å²) < 4.78 is 0.934. The molecule has 13 heavy (non-hydrogen) atoms. The zero-order chi connectivity index (χ0) is 9.26. The second-order valence-corrected chi connectivity index (χ2v) is 4.46. The van der Waals surface area contributed by atoms with Gasteiger partial charge in [-0.15, -0.1) is 0 Å². The molecule has 0 amide bonds. The van der Waals surface area contributed by atoms with Crippen molar-refractivity contribution in [3.8, 4) is 0 Å². The maximum Gasteiger partial charge on any atom is 0.225 e. The van der Waals surface area contributed by atoms with Crippen LogP contribution in [-0.4, -0.2) is 23.1 Å². The van der Waals surface area contributed by atoms with Crippen molar-refractivity contribution in [2.24, 2.45) is 5.92 Å². The van der Waals surface area contributed by atoms with Crippen LogP contribution in [0.15, 0.2) is 16.9 Å². The van der Waals surface area contributed by atoms with Crippen molar-refractivity contribution < 1.29 is 0 Å². The Bertz CT molecular complexity index is 285. The summed E-state index contributed by atoms with van der Waals surface area (Å²) in [5.74, 6) is 1.62. The fraction of sp³-hybridized carbons (Fsp3) is 0.556. The minimum absolute atomic E-state index is 0.771. The van der Waals surface area contributed by atoms with Crippen molar-refractivity contribution in [2.75, 3.05) is 18.0 Å². The van der Waals surface area contributed by atoms with Gasteiger partial charge in [0.1, 0.15) is 0 Å². The highest BCUT2D eigenvalue weighted by molar-refractivity contribution is 9.10. The third-order valence-electron chi connectivity index (χ3n) is 2.31. The molecule has 1 aromatic heterocycles. The summed E-state index contributed by atoms with van der Waals surface area (Å²) >= 11 is 3.32. The number of hydrogen-bond donors (Lipinski definition) is 0. The van der Waals surface area contributed by atoms with Crippen molar-refractivity contribution in [2.45, 2.75) is 13.3 Å². The normalized spacial score (nSPS) is 22.3. The summed E-state index contributed by atoms with van der Waals surface area (Å²) in [6, 6.07) is 0. The first-order chi connectivity index (χ1) is 6.25. The fourth-order valence-corrected chi connectivity index (χ4v) is 1.79. The molecule has 1 unspecified atom stereocenters. The Morgan fingerprint density at radius 1 is 1.46 bits per heavy atom. The molecule has 1 fully saturated rings. The van der Waals surface area contributed by atoms with Crippen LogP contribution in [0.25, 0.3) is 0 Å². The first kappa shape index (κ1) is 8.94. The highest BCUT2D eigenvalue weighted by Gasteiger charge is 2.20. The smallest absolute Gasteiger partial charge is 0.225 e. The number of anilines is 1. The van der Waals surface area contributed by atoms with Crippen molar-refractivity contribution in [3.05, 3.63) is 16.9 Å². The summed E-state index contributed by atoms with van der Waals surface area (Å²) in [6.07, 6.45) is 4.84. The van der Waals surface area contributed by atoms with E-state index in [0.717, 1.165) is 29.4 Å². The molecule has 0 spiro atoms. The second-order valence-electron chi connectivity index (χ2n) is 3.54. The van der Waals surface area contributed by atoms with Gasteiger partial charge >= 0.3 is 0 Å². The van der Waals surface area contributed by atoms with E-state index in [2.05, 4.69) is 37.7 Å². The van der Waals surface area contributed by atoms with E-state index >= 15 is 0 Å². The largest absolute Gasteiger partial charge is 0.341 e. The Labute approximate surface area is 86.3 Å². The van der Waals surface area contributed by atoms with Crippen LogP contribution in [0, 0.1) is 5.92 Å². The van der Waals surface area contributed by atoms with E-state index in [4.69, 9.17) is 0 Å². The lowest BCUT2D eigenvalue weighted by molar-refractivity contribution is 0.658. The van der Waals surface area contributed by atoms with Crippen molar-refractivity contribution >= 4 is 21.9 Å². The molecule has 3 nitrogen and oxygen atoms in total. The van der Waals surface area contributed by atoms with Crippen LogP contribution in [-0.2, 0) is 0 Å². The lowest BCUT2D eigenvalue weighted by Crippen LogP contribution is -2.21. The van der Waals surface area contributed by atoms with Crippen molar-refractivity contribution in [3.63, 3.8) is 0 Å².